The number of ether oxygens (including phenoxy) is 2. The average molecular weight is 304 g/mol. The number of amides is 1. The molecule has 2 atom stereocenters. The van der Waals surface area contributed by atoms with Gasteiger partial charge in [-0.3, -0.25) is 4.79 Å². The quantitative estimate of drug-likeness (QED) is 0.914. The molecule has 0 radical (unpaired) electrons. The third kappa shape index (κ3) is 3.10. The summed E-state index contributed by atoms with van der Waals surface area (Å²) in [5.74, 6) is 1.37. The molecule has 2 heterocycles. The van der Waals surface area contributed by atoms with Crippen LogP contribution in [0.25, 0.3) is 0 Å². The van der Waals surface area contributed by atoms with Gasteiger partial charge >= 0.3 is 0 Å². The van der Waals surface area contributed by atoms with Crippen molar-refractivity contribution in [1.29, 1.82) is 0 Å². The topological polar surface area (TPSA) is 50.8 Å². The van der Waals surface area contributed by atoms with Crippen LogP contribution < -0.4 is 10.1 Å². The molecule has 22 heavy (non-hydrogen) atoms. The summed E-state index contributed by atoms with van der Waals surface area (Å²) in [4.78, 5) is 14.1. The number of rotatable bonds is 4. The van der Waals surface area contributed by atoms with E-state index in [1.807, 2.05) is 29.2 Å². The highest BCUT2D eigenvalue weighted by Crippen LogP contribution is 2.31. The van der Waals surface area contributed by atoms with Crippen molar-refractivity contribution in [2.75, 3.05) is 33.4 Å². The van der Waals surface area contributed by atoms with E-state index in [1.165, 1.54) is 0 Å². The first kappa shape index (κ1) is 15.3. The number of nitrogens with zero attached hydrogens (tertiary/aromatic N) is 1. The Bertz CT molecular complexity index is 525. The predicted octanol–water partition coefficient (Wildman–Crippen LogP) is 1.42. The molecule has 2 fully saturated rings. The van der Waals surface area contributed by atoms with Gasteiger partial charge in [0.15, 0.2) is 0 Å². The summed E-state index contributed by atoms with van der Waals surface area (Å²) in [6.07, 6.45) is 1.11. The van der Waals surface area contributed by atoms with Crippen molar-refractivity contribution in [3.63, 3.8) is 0 Å². The van der Waals surface area contributed by atoms with Gasteiger partial charge in [0.2, 0.25) is 5.91 Å². The first-order chi connectivity index (χ1) is 10.6. The van der Waals surface area contributed by atoms with E-state index in [0.717, 1.165) is 30.8 Å². The number of hydrogen-bond donors (Lipinski definition) is 1. The van der Waals surface area contributed by atoms with E-state index < -0.39 is 0 Å². The van der Waals surface area contributed by atoms with Gasteiger partial charge in [0.25, 0.3) is 0 Å². The molecule has 2 aliphatic heterocycles. The van der Waals surface area contributed by atoms with Gasteiger partial charge in [-0.05, 0) is 37.6 Å². The zero-order valence-corrected chi connectivity index (χ0v) is 13.3. The van der Waals surface area contributed by atoms with Crippen molar-refractivity contribution in [2.45, 2.75) is 25.5 Å². The molecule has 3 rings (SSSR count). The van der Waals surface area contributed by atoms with E-state index in [0.29, 0.717) is 19.0 Å². The molecule has 0 spiro atoms. The summed E-state index contributed by atoms with van der Waals surface area (Å²) < 4.78 is 11.1. The molecule has 0 bridgehead atoms. The fourth-order valence-electron chi connectivity index (χ4n) is 3.35. The third-order valence-electron chi connectivity index (χ3n) is 4.84. The fraction of sp³-hybridized carbons (Fsp3) is 0.588. The van der Waals surface area contributed by atoms with Gasteiger partial charge in [-0.25, -0.2) is 0 Å². The lowest BCUT2D eigenvalue weighted by molar-refractivity contribution is -0.169. The molecule has 2 aliphatic rings. The molecule has 120 valence electrons. The SMILES string of the molecule is COc1ccc(CN2CC(C)(C3CCNC3)OCC2=O)cc1. The van der Waals surface area contributed by atoms with Gasteiger partial charge in [0, 0.05) is 19.0 Å². The van der Waals surface area contributed by atoms with Crippen LogP contribution in [0.2, 0.25) is 0 Å². The molecule has 2 unspecified atom stereocenters. The van der Waals surface area contributed by atoms with Crippen LogP contribution in [0.4, 0.5) is 0 Å². The second-order valence-electron chi connectivity index (χ2n) is 6.39. The normalized spacial score (nSPS) is 28.9. The summed E-state index contributed by atoms with van der Waals surface area (Å²) in [6, 6.07) is 7.88. The summed E-state index contributed by atoms with van der Waals surface area (Å²) in [5, 5.41) is 3.39. The van der Waals surface area contributed by atoms with Crippen molar-refractivity contribution in [3.05, 3.63) is 29.8 Å². The van der Waals surface area contributed by atoms with Crippen molar-refractivity contribution >= 4 is 5.91 Å². The van der Waals surface area contributed by atoms with Crippen LogP contribution in [-0.4, -0.2) is 49.8 Å². The molecular weight excluding hydrogens is 280 g/mol. The lowest BCUT2D eigenvalue weighted by atomic mass is 9.86. The zero-order chi connectivity index (χ0) is 15.6. The first-order valence-electron chi connectivity index (χ1n) is 7.86. The highest BCUT2D eigenvalue weighted by molar-refractivity contribution is 5.78. The van der Waals surface area contributed by atoms with Gasteiger partial charge in [0.05, 0.1) is 19.3 Å². The van der Waals surface area contributed by atoms with Crippen molar-refractivity contribution < 1.29 is 14.3 Å². The maximum atomic E-state index is 12.2. The largest absolute Gasteiger partial charge is 0.497 e. The van der Waals surface area contributed by atoms with E-state index in [9.17, 15) is 4.79 Å². The second kappa shape index (κ2) is 6.26. The highest BCUT2D eigenvalue weighted by atomic mass is 16.5. The third-order valence-corrected chi connectivity index (χ3v) is 4.84. The number of nitrogens with one attached hydrogen (secondary N) is 1. The molecule has 1 amide bonds. The van der Waals surface area contributed by atoms with Crippen LogP contribution in [0.5, 0.6) is 5.75 Å². The molecule has 1 aromatic rings. The van der Waals surface area contributed by atoms with Gasteiger partial charge in [-0.1, -0.05) is 12.1 Å². The molecule has 5 heteroatoms. The van der Waals surface area contributed by atoms with Crippen LogP contribution >= 0.6 is 0 Å². The van der Waals surface area contributed by atoms with E-state index in [2.05, 4.69) is 12.2 Å². The maximum absolute atomic E-state index is 12.2. The highest BCUT2D eigenvalue weighted by Gasteiger charge is 2.43. The minimum atomic E-state index is -0.246. The molecule has 5 nitrogen and oxygen atoms in total. The number of carbonyl (C=O) groups is 1. The Kier molecular flexibility index (Phi) is 4.36. The zero-order valence-electron chi connectivity index (χ0n) is 13.3. The monoisotopic (exact) mass is 304 g/mol. The van der Waals surface area contributed by atoms with Crippen molar-refractivity contribution in [3.8, 4) is 5.75 Å². The summed E-state index contributed by atoms with van der Waals surface area (Å²) in [7, 11) is 1.65. The van der Waals surface area contributed by atoms with Crippen LogP contribution in [0.1, 0.15) is 18.9 Å². The lowest BCUT2D eigenvalue weighted by Crippen LogP contribution is -2.56. The standard InChI is InChI=1S/C17H24N2O3/c1-17(14-7-8-18-9-14)12-19(16(20)11-22-17)10-13-3-5-15(21-2)6-4-13/h3-6,14,18H,7-12H2,1-2H3. The molecule has 0 aliphatic carbocycles. The Hall–Kier alpha value is -1.59. The van der Waals surface area contributed by atoms with Crippen LogP contribution in [0, 0.1) is 5.92 Å². The van der Waals surface area contributed by atoms with E-state index in [1.54, 1.807) is 7.11 Å². The number of benzene rings is 1. The summed E-state index contributed by atoms with van der Waals surface area (Å²) in [6.45, 7) is 5.62. The average Bonchev–Trinajstić information content (AvgIpc) is 3.07. The van der Waals surface area contributed by atoms with Gasteiger partial charge in [-0.2, -0.15) is 0 Å². The number of carbonyl (C=O) groups excluding carboxylic acids is 1. The Labute approximate surface area is 131 Å². The predicted molar refractivity (Wildman–Crippen MR) is 83.7 cm³/mol. The number of morpholine rings is 1. The van der Waals surface area contributed by atoms with Gasteiger partial charge < -0.3 is 19.7 Å². The van der Waals surface area contributed by atoms with Crippen LogP contribution in [0.15, 0.2) is 24.3 Å². The Morgan fingerprint density at radius 3 is 2.82 bits per heavy atom. The molecule has 0 saturated carbocycles. The van der Waals surface area contributed by atoms with Crippen LogP contribution in [-0.2, 0) is 16.1 Å². The molecule has 2 saturated heterocycles. The maximum Gasteiger partial charge on any atom is 0.248 e. The van der Waals surface area contributed by atoms with Gasteiger partial charge in [0.1, 0.15) is 12.4 Å². The smallest absolute Gasteiger partial charge is 0.248 e. The molecular formula is C17H24N2O3. The number of hydrogen-bond acceptors (Lipinski definition) is 4. The van der Waals surface area contributed by atoms with E-state index >= 15 is 0 Å². The fourth-order valence-corrected chi connectivity index (χ4v) is 3.35. The van der Waals surface area contributed by atoms with Crippen LogP contribution in [0.3, 0.4) is 0 Å². The molecule has 1 N–H and O–H groups in total. The Balaban J connectivity index is 1.69. The Morgan fingerprint density at radius 2 is 2.18 bits per heavy atom. The van der Waals surface area contributed by atoms with E-state index in [4.69, 9.17) is 9.47 Å². The minimum Gasteiger partial charge on any atom is -0.497 e. The molecule has 0 aromatic heterocycles. The number of methoxy groups -OCH3 is 1. The summed E-state index contributed by atoms with van der Waals surface area (Å²) in [5.41, 5.74) is 0.868. The van der Waals surface area contributed by atoms with E-state index in [-0.39, 0.29) is 18.1 Å². The summed E-state index contributed by atoms with van der Waals surface area (Å²) >= 11 is 0. The second-order valence-corrected chi connectivity index (χ2v) is 6.39. The van der Waals surface area contributed by atoms with Gasteiger partial charge in [-0.15, -0.1) is 0 Å². The Morgan fingerprint density at radius 1 is 1.41 bits per heavy atom. The van der Waals surface area contributed by atoms with Crippen molar-refractivity contribution in [1.82, 2.24) is 10.2 Å². The minimum absolute atomic E-state index is 0.0687. The lowest BCUT2D eigenvalue weighted by Gasteiger charge is -2.43. The first-order valence-corrected chi connectivity index (χ1v) is 7.86. The van der Waals surface area contributed by atoms with Crippen molar-refractivity contribution in [2.24, 2.45) is 5.92 Å². The molecule has 1 aromatic carbocycles.